The Morgan fingerprint density at radius 3 is 2.48 bits per heavy atom. The molecule has 0 bridgehead atoms. The molecular formula is C25H26N4O2. The number of hydrogen-bond acceptors (Lipinski definition) is 4. The van der Waals surface area contributed by atoms with Gasteiger partial charge in [0.15, 0.2) is 0 Å². The van der Waals surface area contributed by atoms with Crippen LogP contribution in [-0.2, 0) is 16.1 Å². The lowest BCUT2D eigenvalue weighted by Gasteiger charge is -2.35. The first-order chi connectivity index (χ1) is 15.2. The molecule has 31 heavy (non-hydrogen) atoms. The first-order valence-electron chi connectivity index (χ1n) is 10.9. The van der Waals surface area contributed by atoms with E-state index in [2.05, 4.69) is 9.88 Å². The van der Waals surface area contributed by atoms with E-state index >= 15 is 0 Å². The SMILES string of the molecule is O=C([C@@H]1CC(=O)N(c2cccc3ccccc23)C1)N1CCN(Cc2ccncc2)CC1. The summed E-state index contributed by atoms with van der Waals surface area (Å²) < 4.78 is 0. The van der Waals surface area contributed by atoms with Crippen molar-refractivity contribution in [1.82, 2.24) is 14.8 Å². The van der Waals surface area contributed by atoms with Gasteiger partial charge >= 0.3 is 0 Å². The van der Waals surface area contributed by atoms with Crippen LogP contribution in [-0.4, -0.2) is 59.3 Å². The van der Waals surface area contributed by atoms with Gasteiger partial charge in [-0.1, -0.05) is 36.4 Å². The van der Waals surface area contributed by atoms with Crippen LogP contribution in [0.5, 0.6) is 0 Å². The van der Waals surface area contributed by atoms with Crippen LogP contribution < -0.4 is 4.90 Å². The number of amides is 2. The molecule has 6 heteroatoms. The number of pyridine rings is 1. The summed E-state index contributed by atoms with van der Waals surface area (Å²) >= 11 is 0. The molecule has 0 saturated carbocycles. The molecule has 158 valence electrons. The van der Waals surface area contributed by atoms with Crippen molar-refractivity contribution < 1.29 is 9.59 Å². The predicted octanol–water partition coefficient (Wildman–Crippen LogP) is 2.93. The maximum Gasteiger partial charge on any atom is 0.228 e. The molecule has 3 aromatic rings. The molecule has 3 heterocycles. The highest BCUT2D eigenvalue weighted by Crippen LogP contribution is 2.32. The van der Waals surface area contributed by atoms with E-state index < -0.39 is 0 Å². The molecule has 1 atom stereocenters. The Bertz CT molecular complexity index is 1090. The van der Waals surface area contributed by atoms with Crippen molar-refractivity contribution in [3.63, 3.8) is 0 Å². The van der Waals surface area contributed by atoms with Gasteiger partial charge in [0.2, 0.25) is 11.8 Å². The third-order valence-electron chi connectivity index (χ3n) is 6.37. The molecule has 0 spiro atoms. The number of carbonyl (C=O) groups is 2. The standard InChI is InChI=1S/C25H26N4O2/c30-24-16-21(18-29(24)23-7-3-5-20-4-1-2-6-22(20)23)25(31)28-14-12-27(13-15-28)17-19-8-10-26-11-9-19/h1-11,21H,12-18H2/t21-/m1/s1. The maximum atomic E-state index is 13.2. The van der Waals surface area contributed by atoms with Gasteiger partial charge in [-0.25, -0.2) is 0 Å². The third-order valence-corrected chi connectivity index (χ3v) is 6.37. The zero-order valence-corrected chi connectivity index (χ0v) is 17.5. The summed E-state index contributed by atoms with van der Waals surface area (Å²) in [6, 6.07) is 18.1. The highest BCUT2D eigenvalue weighted by Gasteiger charge is 2.38. The lowest BCUT2D eigenvalue weighted by Crippen LogP contribution is -2.50. The zero-order valence-electron chi connectivity index (χ0n) is 17.5. The van der Waals surface area contributed by atoms with Crippen LogP contribution in [0.4, 0.5) is 5.69 Å². The number of hydrogen-bond donors (Lipinski definition) is 0. The quantitative estimate of drug-likeness (QED) is 0.659. The van der Waals surface area contributed by atoms with Crippen molar-refractivity contribution in [2.75, 3.05) is 37.6 Å². The molecule has 2 aliphatic heterocycles. The Morgan fingerprint density at radius 2 is 1.68 bits per heavy atom. The Morgan fingerprint density at radius 1 is 0.935 bits per heavy atom. The monoisotopic (exact) mass is 414 g/mol. The van der Waals surface area contributed by atoms with E-state index in [1.165, 1.54) is 5.56 Å². The van der Waals surface area contributed by atoms with Gasteiger partial charge in [-0.2, -0.15) is 0 Å². The van der Waals surface area contributed by atoms with Crippen molar-refractivity contribution >= 4 is 28.3 Å². The van der Waals surface area contributed by atoms with Gasteiger partial charge in [0, 0.05) is 63.5 Å². The van der Waals surface area contributed by atoms with Crippen LogP contribution in [0.25, 0.3) is 10.8 Å². The molecule has 2 saturated heterocycles. The van der Waals surface area contributed by atoms with Crippen LogP contribution in [0.1, 0.15) is 12.0 Å². The van der Waals surface area contributed by atoms with Gasteiger partial charge in [-0.15, -0.1) is 0 Å². The molecule has 2 aliphatic rings. The van der Waals surface area contributed by atoms with Crippen molar-refractivity contribution in [3.05, 3.63) is 72.6 Å². The maximum absolute atomic E-state index is 13.2. The number of nitrogens with zero attached hydrogens (tertiary/aromatic N) is 4. The van der Waals surface area contributed by atoms with Gasteiger partial charge in [-0.3, -0.25) is 19.5 Å². The van der Waals surface area contributed by atoms with Crippen LogP contribution in [0.15, 0.2) is 67.0 Å². The molecule has 2 aromatic carbocycles. The minimum Gasteiger partial charge on any atom is -0.340 e. The second kappa shape index (κ2) is 8.47. The Labute approximate surface area is 182 Å². The van der Waals surface area contributed by atoms with E-state index in [0.29, 0.717) is 26.1 Å². The molecule has 1 aromatic heterocycles. The number of anilines is 1. The van der Waals surface area contributed by atoms with Crippen molar-refractivity contribution in [2.24, 2.45) is 5.92 Å². The topological polar surface area (TPSA) is 56.8 Å². The average molecular weight is 415 g/mol. The van der Waals surface area contributed by atoms with Gasteiger partial charge in [-0.05, 0) is 29.1 Å². The molecule has 5 rings (SSSR count). The summed E-state index contributed by atoms with van der Waals surface area (Å²) in [5, 5.41) is 2.16. The van der Waals surface area contributed by atoms with Crippen LogP contribution in [0, 0.1) is 5.92 Å². The number of aromatic nitrogens is 1. The fourth-order valence-electron chi connectivity index (χ4n) is 4.68. The van der Waals surface area contributed by atoms with Gasteiger partial charge < -0.3 is 9.80 Å². The average Bonchev–Trinajstić information content (AvgIpc) is 3.21. The van der Waals surface area contributed by atoms with Crippen molar-refractivity contribution in [1.29, 1.82) is 0 Å². The molecule has 0 N–H and O–H groups in total. The molecule has 2 amide bonds. The van der Waals surface area contributed by atoms with Crippen molar-refractivity contribution in [2.45, 2.75) is 13.0 Å². The second-order valence-corrected chi connectivity index (χ2v) is 8.36. The first kappa shape index (κ1) is 19.7. The molecule has 6 nitrogen and oxygen atoms in total. The van der Waals surface area contributed by atoms with Crippen molar-refractivity contribution in [3.8, 4) is 0 Å². The van der Waals surface area contributed by atoms with E-state index in [1.54, 1.807) is 4.90 Å². The predicted molar refractivity (Wildman–Crippen MR) is 121 cm³/mol. The minimum absolute atomic E-state index is 0.0334. The third kappa shape index (κ3) is 4.03. The number of carbonyl (C=O) groups excluding carboxylic acids is 2. The summed E-state index contributed by atoms with van der Waals surface area (Å²) in [6.45, 7) is 4.46. The van der Waals surface area contributed by atoms with E-state index in [4.69, 9.17) is 0 Å². The summed E-state index contributed by atoms with van der Waals surface area (Å²) in [4.78, 5) is 36.1. The highest BCUT2D eigenvalue weighted by molar-refractivity contribution is 6.07. The fourth-order valence-corrected chi connectivity index (χ4v) is 4.68. The number of rotatable bonds is 4. The largest absolute Gasteiger partial charge is 0.340 e. The van der Waals surface area contributed by atoms with Crippen LogP contribution in [0.2, 0.25) is 0 Å². The fraction of sp³-hybridized carbons (Fsp3) is 0.320. The van der Waals surface area contributed by atoms with Gasteiger partial charge in [0.1, 0.15) is 0 Å². The number of benzene rings is 2. The molecule has 0 aliphatic carbocycles. The van der Waals surface area contributed by atoms with Crippen LogP contribution >= 0.6 is 0 Å². The normalized spacial score (nSPS) is 19.9. The zero-order chi connectivity index (χ0) is 21.2. The van der Waals surface area contributed by atoms with E-state index in [-0.39, 0.29) is 17.7 Å². The Balaban J connectivity index is 1.23. The lowest BCUT2D eigenvalue weighted by atomic mass is 10.1. The minimum atomic E-state index is -0.266. The first-order valence-corrected chi connectivity index (χ1v) is 10.9. The number of piperazine rings is 1. The van der Waals surface area contributed by atoms with E-state index in [1.807, 2.05) is 71.9 Å². The summed E-state index contributed by atoms with van der Waals surface area (Å²) in [5.74, 6) is -0.121. The molecule has 2 fully saturated rings. The number of fused-ring (bicyclic) bond motifs is 1. The molecular weight excluding hydrogens is 388 g/mol. The van der Waals surface area contributed by atoms with Crippen LogP contribution in [0.3, 0.4) is 0 Å². The van der Waals surface area contributed by atoms with Gasteiger partial charge in [0.05, 0.1) is 11.6 Å². The summed E-state index contributed by atoms with van der Waals surface area (Å²) in [7, 11) is 0. The second-order valence-electron chi connectivity index (χ2n) is 8.36. The van der Waals surface area contributed by atoms with Gasteiger partial charge in [0.25, 0.3) is 0 Å². The lowest BCUT2D eigenvalue weighted by molar-refractivity contribution is -0.137. The molecule has 0 unspecified atom stereocenters. The molecule has 0 radical (unpaired) electrons. The summed E-state index contributed by atoms with van der Waals surface area (Å²) in [5.41, 5.74) is 2.14. The van der Waals surface area contributed by atoms with E-state index in [9.17, 15) is 9.59 Å². The van der Waals surface area contributed by atoms with E-state index in [0.717, 1.165) is 36.1 Å². The Kier molecular flexibility index (Phi) is 5.38. The highest BCUT2D eigenvalue weighted by atomic mass is 16.2. The smallest absolute Gasteiger partial charge is 0.228 e. The Hall–Kier alpha value is -3.25. The summed E-state index contributed by atoms with van der Waals surface area (Å²) in [6.07, 6.45) is 3.92.